The SMILES string of the molecule is CP(C)(=O)Cn1cccn1. The van der Waals surface area contributed by atoms with Crippen LogP contribution in [0.1, 0.15) is 0 Å². The predicted molar refractivity (Wildman–Crippen MR) is 41.7 cm³/mol. The lowest BCUT2D eigenvalue weighted by Crippen LogP contribution is -1.97. The Morgan fingerprint density at radius 2 is 2.30 bits per heavy atom. The zero-order valence-electron chi connectivity index (χ0n) is 6.19. The Bertz CT molecular complexity index is 236. The Morgan fingerprint density at radius 1 is 1.60 bits per heavy atom. The van der Waals surface area contributed by atoms with Crippen LogP contribution in [0.3, 0.4) is 0 Å². The zero-order chi connectivity index (χ0) is 7.61. The van der Waals surface area contributed by atoms with Crippen molar-refractivity contribution in [2.24, 2.45) is 0 Å². The van der Waals surface area contributed by atoms with E-state index in [1.54, 1.807) is 24.2 Å². The maximum absolute atomic E-state index is 11.2. The highest BCUT2D eigenvalue weighted by atomic mass is 31.2. The van der Waals surface area contributed by atoms with Crippen molar-refractivity contribution in [3.05, 3.63) is 18.5 Å². The fourth-order valence-electron chi connectivity index (χ4n) is 0.733. The minimum absolute atomic E-state index is 0.542. The molecule has 1 rings (SSSR count). The van der Waals surface area contributed by atoms with Crippen LogP contribution in [0.5, 0.6) is 0 Å². The van der Waals surface area contributed by atoms with Gasteiger partial charge in [-0.25, -0.2) is 0 Å². The van der Waals surface area contributed by atoms with Crippen LogP contribution in [0.4, 0.5) is 0 Å². The number of hydrogen-bond donors (Lipinski definition) is 0. The highest BCUT2D eigenvalue weighted by molar-refractivity contribution is 7.61. The minimum Gasteiger partial charge on any atom is -0.322 e. The van der Waals surface area contributed by atoms with Crippen molar-refractivity contribution in [3.63, 3.8) is 0 Å². The van der Waals surface area contributed by atoms with Crippen molar-refractivity contribution in [3.8, 4) is 0 Å². The summed E-state index contributed by atoms with van der Waals surface area (Å²) < 4.78 is 12.9. The highest BCUT2D eigenvalue weighted by Crippen LogP contribution is 2.37. The van der Waals surface area contributed by atoms with E-state index < -0.39 is 7.14 Å². The van der Waals surface area contributed by atoms with Crippen molar-refractivity contribution < 1.29 is 4.57 Å². The van der Waals surface area contributed by atoms with Crippen molar-refractivity contribution >= 4 is 7.14 Å². The Labute approximate surface area is 60.4 Å². The first-order valence-corrected chi connectivity index (χ1v) is 5.88. The molecule has 0 bridgehead atoms. The smallest absolute Gasteiger partial charge is 0.102 e. The molecule has 0 aromatic carbocycles. The van der Waals surface area contributed by atoms with Crippen LogP contribution >= 0.6 is 7.14 Å². The van der Waals surface area contributed by atoms with Crippen LogP contribution in [0, 0.1) is 0 Å². The van der Waals surface area contributed by atoms with Gasteiger partial charge in [0.15, 0.2) is 0 Å². The molecule has 0 amide bonds. The van der Waals surface area contributed by atoms with Gasteiger partial charge in [0.1, 0.15) is 7.14 Å². The van der Waals surface area contributed by atoms with E-state index in [0.717, 1.165) is 0 Å². The van der Waals surface area contributed by atoms with E-state index in [0.29, 0.717) is 6.29 Å². The largest absolute Gasteiger partial charge is 0.322 e. The van der Waals surface area contributed by atoms with Gasteiger partial charge in [0.2, 0.25) is 0 Å². The van der Waals surface area contributed by atoms with Gasteiger partial charge in [-0.15, -0.1) is 0 Å². The van der Waals surface area contributed by atoms with Crippen molar-refractivity contribution in [2.45, 2.75) is 6.29 Å². The molecule has 0 unspecified atom stereocenters. The molecule has 0 radical (unpaired) electrons. The van der Waals surface area contributed by atoms with Crippen LogP contribution in [-0.2, 0) is 10.9 Å². The lowest BCUT2D eigenvalue weighted by Gasteiger charge is -2.04. The monoisotopic (exact) mass is 158 g/mol. The summed E-state index contributed by atoms with van der Waals surface area (Å²) in [6.45, 7) is 3.52. The standard InChI is InChI=1S/C6H11N2OP/c1-10(2,9)6-8-5-3-4-7-8/h3-5H,6H2,1-2H3. The van der Waals surface area contributed by atoms with Gasteiger partial charge in [-0.3, -0.25) is 4.68 Å². The maximum Gasteiger partial charge on any atom is 0.102 e. The molecule has 3 nitrogen and oxygen atoms in total. The molecule has 10 heavy (non-hydrogen) atoms. The minimum atomic E-state index is -1.95. The summed E-state index contributed by atoms with van der Waals surface area (Å²) >= 11 is 0. The molecule has 0 aliphatic heterocycles. The lowest BCUT2D eigenvalue weighted by atomic mass is 10.8. The molecule has 0 atom stereocenters. The molecule has 1 aromatic heterocycles. The normalized spacial score (nSPS) is 11.8. The topological polar surface area (TPSA) is 34.9 Å². The van der Waals surface area contributed by atoms with Crippen LogP contribution in [0.25, 0.3) is 0 Å². The average Bonchev–Trinajstić information content (AvgIpc) is 2.12. The fourth-order valence-corrected chi connectivity index (χ4v) is 1.60. The Hall–Kier alpha value is -0.560. The molecular weight excluding hydrogens is 147 g/mol. The third kappa shape index (κ3) is 2.36. The second kappa shape index (κ2) is 2.59. The molecule has 0 aliphatic rings. The van der Waals surface area contributed by atoms with Crippen molar-refractivity contribution in [1.82, 2.24) is 9.78 Å². The predicted octanol–water partition coefficient (Wildman–Crippen LogP) is 1.46. The Kier molecular flexibility index (Phi) is 1.95. The third-order valence-corrected chi connectivity index (χ3v) is 2.02. The van der Waals surface area contributed by atoms with E-state index in [1.165, 1.54) is 0 Å². The first-order valence-electron chi connectivity index (χ1n) is 3.09. The molecule has 0 spiro atoms. The summed E-state index contributed by atoms with van der Waals surface area (Å²) in [6, 6.07) is 1.83. The summed E-state index contributed by atoms with van der Waals surface area (Å²) in [7, 11) is -1.95. The summed E-state index contributed by atoms with van der Waals surface area (Å²) in [4.78, 5) is 0. The maximum atomic E-state index is 11.2. The highest BCUT2D eigenvalue weighted by Gasteiger charge is 2.06. The van der Waals surface area contributed by atoms with Crippen LogP contribution in [0.2, 0.25) is 0 Å². The van der Waals surface area contributed by atoms with Gasteiger partial charge in [-0.1, -0.05) is 0 Å². The van der Waals surface area contributed by atoms with Crippen molar-refractivity contribution in [1.29, 1.82) is 0 Å². The van der Waals surface area contributed by atoms with Gasteiger partial charge in [-0.2, -0.15) is 5.10 Å². The van der Waals surface area contributed by atoms with Gasteiger partial charge in [0.05, 0.1) is 6.29 Å². The summed E-state index contributed by atoms with van der Waals surface area (Å²) in [5, 5.41) is 3.95. The Balaban J connectivity index is 2.66. The van der Waals surface area contributed by atoms with Gasteiger partial charge in [0, 0.05) is 12.4 Å². The zero-order valence-corrected chi connectivity index (χ0v) is 7.08. The van der Waals surface area contributed by atoms with E-state index in [4.69, 9.17) is 0 Å². The van der Waals surface area contributed by atoms with Crippen LogP contribution in [-0.4, -0.2) is 23.1 Å². The van der Waals surface area contributed by atoms with Crippen molar-refractivity contribution in [2.75, 3.05) is 13.3 Å². The molecule has 0 fully saturated rings. The second-order valence-corrected chi connectivity index (χ2v) is 6.19. The summed E-state index contributed by atoms with van der Waals surface area (Å²) in [5.41, 5.74) is 0. The molecular formula is C6H11N2OP. The number of aromatic nitrogens is 2. The summed E-state index contributed by atoms with van der Waals surface area (Å²) in [6.07, 6.45) is 4.05. The van der Waals surface area contributed by atoms with E-state index in [2.05, 4.69) is 5.10 Å². The summed E-state index contributed by atoms with van der Waals surface area (Å²) in [5.74, 6) is 0. The van der Waals surface area contributed by atoms with Crippen LogP contribution in [0.15, 0.2) is 18.5 Å². The quantitative estimate of drug-likeness (QED) is 0.611. The first-order chi connectivity index (χ1) is 4.58. The molecule has 4 heteroatoms. The molecule has 0 aliphatic carbocycles. The van der Waals surface area contributed by atoms with Crippen LogP contribution < -0.4 is 0 Å². The number of hydrogen-bond acceptors (Lipinski definition) is 2. The van der Waals surface area contributed by atoms with E-state index >= 15 is 0 Å². The van der Waals surface area contributed by atoms with E-state index in [1.807, 2.05) is 12.3 Å². The first kappa shape index (κ1) is 7.55. The van der Waals surface area contributed by atoms with Gasteiger partial charge >= 0.3 is 0 Å². The van der Waals surface area contributed by atoms with Gasteiger partial charge in [-0.05, 0) is 19.4 Å². The third-order valence-electron chi connectivity index (χ3n) is 1.04. The molecule has 0 saturated heterocycles. The lowest BCUT2D eigenvalue weighted by molar-refractivity contribution is 0.569. The fraction of sp³-hybridized carbons (Fsp3) is 0.500. The van der Waals surface area contributed by atoms with E-state index in [-0.39, 0.29) is 0 Å². The van der Waals surface area contributed by atoms with E-state index in [9.17, 15) is 4.57 Å². The van der Waals surface area contributed by atoms with Gasteiger partial charge in [0.25, 0.3) is 0 Å². The average molecular weight is 158 g/mol. The molecule has 0 N–H and O–H groups in total. The number of nitrogens with zero attached hydrogens (tertiary/aromatic N) is 2. The second-order valence-electron chi connectivity index (χ2n) is 2.76. The number of rotatable bonds is 2. The molecule has 0 saturated carbocycles. The Morgan fingerprint density at radius 3 is 2.70 bits per heavy atom. The molecule has 56 valence electrons. The molecule has 1 aromatic rings. The molecule has 1 heterocycles. The van der Waals surface area contributed by atoms with Gasteiger partial charge < -0.3 is 4.57 Å².